The third-order valence-electron chi connectivity index (χ3n) is 1.96. The van der Waals surface area contributed by atoms with Crippen molar-refractivity contribution in [3.63, 3.8) is 0 Å². The molecule has 1 heterocycles. The average Bonchev–Trinajstić information content (AvgIpc) is 2.25. The summed E-state index contributed by atoms with van der Waals surface area (Å²) in [5.41, 5.74) is 0.705. The van der Waals surface area contributed by atoms with Gasteiger partial charge in [0.05, 0.1) is 6.61 Å². The Labute approximate surface area is 103 Å². The van der Waals surface area contributed by atoms with Crippen molar-refractivity contribution in [2.45, 2.75) is 0 Å². The minimum absolute atomic E-state index is 0.171. The van der Waals surface area contributed by atoms with E-state index in [-0.39, 0.29) is 6.03 Å². The smallest absolute Gasteiger partial charge is 0.321 e. The van der Waals surface area contributed by atoms with Crippen molar-refractivity contribution in [3.05, 3.63) is 22.9 Å². The van der Waals surface area contributed by atoms with Crippen molar-refractivity contribution in [1.82, 2.24) is 9.88 Å². The van der Waals surface area contributed by atoms with E-state index in [0.717, 1.165) is 0 Å². The molecule has 1 aromatic rings. The Morgan fingerprint density at radius 2 is 2.44 bits per heavy atom. The molecule has 0 fully saturated rings. The highest BCUT2D eigenvalue weighted by Crippen LogP contribution is 2.12. The molecule has 16 heavy (non-hydrogen) atoms. The number of rotatable bonds is 4. The fourth-order valence-electron chi connectivity index (χ4n) is 1.03. The van der Waals surface area contributed by atoms with Gasteiger partial charge >= 0.3 is 6.03 Å². The van der Waals surface area contributed by atoms with E-state index in [2.05, 4.69) is 26.2 Å². The number of ether oxygens (including phenoxy) is 1. The van der Waals surface area contributed by atoms with E-state index < -0.39 is 0 Å². The predicted molar refractivity (Wildman–Crippen MR) is 65.5 cm³/mol. The van der Waals surface area contributed by atoms with Gasteiger partial charge in [-0.15, -0.1) is 0 Å². The molecule has 0 spiro atoms. The summed E-state index contributed by atoms with van der Waals surface area (Å²) in [6, 6.07) is 3.30. The van der Waals surface area contributed by atoms with Crippen LogP contribution < -0.4 is 5.32 Å². The number of hydrogen-bond acceptors (Lipinski definition) is 3. The molecule has 0 unspecified atom stereocenters. The summed E-state index contributed by atoms with van der Waals surface area (Å²) in [5, 5.41) is 2.75. The molecule has 0 radical (unpaired) electrons. The number of methoxy groups -OCH3 is 1. The Kier molecular flexibility index (Phi) is 5.21. The molecule has 1 rings (SSSR count). The lowest BCUT2D eigenvalue weighted by Crippen LogP contribution is -2.33. The van der Waals surface area contributed by atoms with E-state index in [1.807, 2.05) is 0 Å². The molecule has 0 aliphatic carbocycles. The maximum Gasteiger partial charge on any atom is 0.321 e. The van der Waals surface area contributed by atoms with Crippen LogP contribution in [0.3, 0.4) is 0 Å². The van der Waals surface area contributed by atoms with Crippen LogP contribution in [0.15, 0.2) is 22.9 Å². The van der Waals surface area contributed by atoms with Crippen molar-refractivity contribution >= 4 is 27.6 Å². The van der Waals surface area contributed by atoms with E-state index >= 15 is 0 Å². The number of likely N-dealkylation sites (N-methyl/N-ethyl adjacent to an activating group) is 1. The quantitative estimate of drug-likeness (QED) is 0.862. The monoisotopic (exact) mass is 287 g/mol. The predicted octanol–water partition coefficient (Wildman–Crippen LogP) is 1.95. The highest BCUT2D eigenvalue weighted by Gasteiger charge is 2.08. The SMILES string of the molecule is COCCN(C)C(=O)Nc1ccnc(Br)c1. The van der Waals surface area contributed by atoms with Crippen LogP contribution in [-0.2, 0) is 4.74 Å². The lowest BCUT2D eigenvalue weighted by Gasteiger charge is -2.17. The Balaban J connectivity index is 2.50. The molecule has 0 aliphatic rings. The van der Waals surface area contributed by atoms with Gasteiger partial charge < -0.3 is 15.0 Å². The zero-order valence-electron chi connectivity index (χ0n) is 9.24. The topological polar surface area (TPSA) is 54.5 Å². The number of pyridine rings is 1. The molecule has 0 aromatic carbocycles. The number of nitrogens with zero attached hydrogens (tertiary/aromatic N) is 2. The zero-order valence-corrected chi connectivity index (χ0v) is 10.8. The number of anilines is 1. The van der Waals surface area contributed by atoms with Crippen LogP contribution >= 0.6 is 15.9 Å². The average molecular weight is 288 g/mol. The van der Waals surface area contributed by atoms with Gasteiger partial charge in [0, 0.05) is 32.6 Å². The van der Waals surface area contributed by atoms with E-state index in [0.29, 0.717) is 23.4 Å². The van der Waals surface area contributed by atoms with Gasteiger partial charge in [0.1, 0.15) is 4.60 Å². The van der Waals surface area contributed by atoms with Gasteiger partial charge in [-0.05, 0) is 28.1 Å². The van der Waals surface area contributed by atoms with Crippen molar-refractivity contribution in [3.8, 4) is 0 Å². The summed E-state index contributed by atoms with van der Waals surface area (Å²) in [6.07, 6.45) is 1.62. The molecule has 0 saturated carbocycles. The number of carbonyl (C=O) groups is 1. The number of halogens is 1. The first-order valence-electron chi connectivity index (χ1n) is 4.76. The summed E-state index contributed by atoms with van der Waals surface area (Å²) in [5.74, 6) is 0. The van der Waals surface area contributed by atoms with Crippen LogP contribution in [-0.4, -0.2) is 43.2 Å². The molecule has 1 aromatic heterocycles. The molecule has 0 saturated heterocycles. The van der Waals surface area contributed by atoms with Crippen molar-refractivity contribution in [2.75, 3.05) is 32.6 Å². The van der Waals surface area contributed by atoms with Crippen LogP contribution in [0.25, 0.3) is 0 Å². The van der Waals surface area contributed by atoms with Gasteiger partial charge in [-0.1, -0.05) is 0 Å². The number of nitrogens with one attached hydrogen (secondary N) is 1. The van der Waals surface area contributed by atoms with Crippen LogP contribution in [0.5, 0.6) is 0 Å². The summed E-state index contributed by atoms with van der Waals surface area (Å²) in [7, 11) is 3.32. The van der Waals surface area contributed by atoms with Gasteiger partial charge in [0.15, 0.2) is 0 Å². The first kappa shape index (κ1) is 12.9. The molecular formula is C10H14BrN3O2. The van der Waals surface area contributed by atoms with E-state index in [1.54, 1.807) is 37.4 Å². The number of urea groups is 1. The van der Waals surface area contributed by atoms with Crippen LogP contribution in [0.4, 0.5) is 10.5 Å². The molecule has 0 bridgehead atoms. The Hall–Kier alpha value is -1.14. The van der Waals surface area contributed by atoms with E-state index in [9.17, 15) is 4.79 Å². The number of hydrogen-bond donors (Lipinski definition) is 1. The largest absolute Gasteiger partial charge is 0.383 e. The number of carbonyl (C=O) groups excluding carboxylic acids is 1. The number of aromatic nitrogens is 1. The lowest BCUT2D eigenvalue weighted by atomic mass is 10.4. The fraction of sp³-hybridized carbons (Fsp3) is 0.400. The Morgan fingerprint density at radius 3 is 3.06 bits per heavy atom. The number of amides is 2. The van der Waals surface area contributed by atoms with Gasteiger partial charge in [0.25, 0.3) is 0 Å². The van der Waals surface area contributed by atoms with Gasteiger partial charge in [0.2, 0.25) is 0 Å². The standard InChI is InChI=1S/C10H14BrN3O2/c1-14(5-6-16-2)10(15)13-8-3-4-12-9(11)7-8/h3-4,7H,5-6H2,1-2H3,(H,12,13,15). The summed E-state index contributed by atoms with van der Waals surface area (Å²) in [6.45, 7) is 1.07. The first-order chi connectivity index (χ1) is 7.63. The third-order valence-corrected chi connectivity index (χ3v) is 2.39. The molecule has 0 atom stereocenters. The maximum absolute atomic E-state index is 11.7. The second-order valence-corrected chi connectivity index (χ2v) is 4.02. The van der Waals surface area contributed by atoms with Crippen molar-refractivity contribution in [2.24, 2.45) is 0 Å². The second-order valence-electron chi connectivity index (χ2n) is 3.21. The Bertz CT molecular complexity index is 360. The van der Waals surface area contributed by atoms with Crippen molar-refractivity contribution < 1.29 is 9.53 Å². The second kappa shape index (κ2) is 6.44. The third kappa shape index (κ3) is 4.16. The molecule has 5 nitrogen and oxygen atoms in total. The molecule has 0 aliphatic heterocycles. The van der Waals surface area contributed by atoms with Gasteiger partial charge in [-0.3, -0.25) is 0 Å². The molecule has 2 amide bonds. The van der Waals surface area contributed by atoms with Gasteiger partial charge in [-0.25, -0.2) is 9.78 Å². The van der Waals surface area contributed by atoms with Crippen LogP contribution in [0.1, 0.15) is 0 Å². The molecule has 1 N–H and O–H groups in total. The van der Waals surface area contributed by atoms with E-state index in [4.69, 9.17) is 4.74 Å². The highest BCUT2D eigenvalue weighted by molar-refractivity contribution is 9.10. The van der Waals surface area contributed by atoms with Crippen molar-refractivity contribution in [1.29, 1.82) is 0 Å². The van der Waals surface area contributed by atoms with Crippen LogP contribution in [0.2, 0.25) is 0 Å². The van der Waals surface area contributed by atoms with E-state index in [1.165, 1.54) is 0 Å². The minimum atomic E-state index is -0.171. The lowest BCUT2D eigenvalue weighted by molar-refractivity contribution is 0.165. The minimum Gasteiger partial charge on any atom is -0.383 e. The summed E-state index contributed by atoms with van der Waals surface area (Å²) >= 11 is 3.24. The fourth-order valence-corrected chi connectivity index (χ4v) is 1.39. The maximum atomic E-state index is 11.7. The summed E-state index contributed by atoms with van der Waals surface area (Å²) < 4.78 is 5.58. The van der Waals surface area contributed by atoms with Crippen LogP contribution in [0, 0.1) is 0 Å². The normalized spacial score (nSPS) is 9.94. The molecule has 6 heteroatoms. The Morgan fingerprint density at radius 1 is 1.69 bits per heavy atom. The zero-order chi connectivity index (χ0) is 12.0. The molecule has 88 valence electrons. The van der Waals surface area contributed by atoms with Gasteiger partial charge in [-0.2, -0.15) is 0 Å². The first-order valence-corrected chi connectivity index (χ1v) is 5.55. The highest BCUT2D eigenvalue weighted by atomic mass is 79.9. The summed E-state index contributed by atoms with van der Waals surface area (Å²) in [4.78, 5) is 17.2. The molecular weight excluding hydrogens is 274 g/mol.